The third-order valence-corrected chi connectivity index (χ3v) is 3.21. The van der Waals surface area contributed by atoms with Gasteiger partial charge >= 0.3 is 0 Å². The summed E-state index contributed by atoms with van der Waals surface area (Å²) in [6, 6.07) is 14.4. The zero-order valence-electron chi connectivity index (χ0n) is 13.7. The lowest BCUT2D eigenvalue weighted by Gasteiger charge is -2.11. The Balaban J connectivity index is 1.83. The molecule has 2 aromatic carbocycles. The van der Waals surface area contributed by atoms with Gasteiger partial charge in [0.05, 0.1) is 12.8 Å². The number of nitrogens with one attached hydrogen (secondary N) is 2. The maximum absolute atomic E-state index is 11.9. The van der Waals surface area contributed by atoms with Crippen molar-refractivity contribution >= 4 is 17.5 Å². The number of ether oxygens (including phenoxy) is 2. The topological polar surface area (TPSA) is 76.7 Å². The molecule has 0 saturated heterocycles. The van der Waals surface area contributed by atoms with Gasteiger partial charge in [-0.2, -0.15) is 0 Å². The van der Waals surface area contributed by atoms with Crippen LogP contribution < -0.4 is 20.1 Å². The minimum Gasteiger partial charge on any atom is -0.497 e. The number of hydrogen-bond donors (Lipinski definition) is 2. The predicted octanol–water partition coefficient (Wildman–Crippen LogP) is 2.35. The fraction of sp³-hybridized carbons (Fsp3) is 0.222. The van der Waals surface area contributed by atoms with Gasteiger partial charge in [-0.25, -0.2) is 0 Å². The number of anilines is 1. The van der Waals surface area contributed by atoms with Crippen LogP contribution in [0, 0.1) is 0 Å². The van der Waals surface area contributed by atoms with Gasteiger partial charge in [0, 0.05) is 13.5 Å². The van der Waals surface area contributed by atoms with Crippen molar-refractivity contribution in [1.29, 1.82) is 0 Å². The molecule has 0 aliphatic heterocycles. The summed E-state index contributed by atoms with van der Waals surface area (Å²) < 4.78 is 10.6. The van der Waals surface area contributed by atoms with Gasteiger partial charge in [0.1, 0.15) is 11.5 Å². The van der Waals surface area contributed by atoms with Crippen molar-refractivity contribution in [1.82, 2.24) is 5.32 Å². The molecule has 2 N–H and O–H groups in total. The quantitative estimate of drug-likeness (QED) is 0.818. The lowest BCUT2D eigenvalue weighted by Crippen LogP contribution is -2.28. The predicted molar refractivity (Wildman–Crippen MR) is 91.1 cm³/mol. The number of methoxy groups -OCH3 is 1. The van der Waals surface area contributed by atoms with Crippen LogP contribution in [0.3, 0.4) is 0 Å². The van der Waals surface area contributed by atoms with Crippen LogP contribution in [0.25, 0.3) is 0 Å². The molecular weight excluding hydrogens is 308 g/mol. The number of hydrogen-bond acceptors (Lipinski definition) is 4. The normalized spacial score (nSPS) is 9.92. The maximum atomic E-state index is 11.9. The Morgan fingerprint density at radius 2 is 1.75 bits per heavy atom. The summed E-state index contributed by atoms with van der Waals surface area (Å²) in [5.41, 5.74) is 1.50. The van der Waals surface area contributed by atoms with E-state index in [1.807, 2.05) is 24.3 Å². The number of carbonyl (C=O) groups is 2. The van der Waals surface area contributed by atoms with Crippen LogP contribution in [0.1, 0.15) is 12.5 Å². The summed E-state index contributed by atoms with van der Waals surface area (Å²) in [7, 11) is 1.60. The van der Waals surface area contributed by atoms with E-state index >= 15 is 0 Å². The van der Waals surface area contributed by atoms with Gasteiger partial charge in [-0.3, -0.25) is 9.59 Å². The van der Waals surface area contributed by atoms with Crippen molar-refractivity contribution in [3.63, 3.8) is 0 Å². The highest BCUT2D eigenvalue weighted by molar-refractivity contribution is 5.90. The number of amides is 2. The largest absolute Gasteiger partial charge is 0.497 e. The van der Waals surface area contributed by atoms with E-state index in [2.05, 4.69) is 10.6 Å². The SMILES string of the molecule is COc1ccc(CNC(=O)COc2ccccc2NC(C)=O)cc1. The van der Waals surface area contributed by atoms with Gasteiger partial charge in [0.25, 0.3) is 5.91 Å². The second kappa shape index (κ2) is 8.57. The van der Waals surface area contributed by atoms with Crippen molar-refractivity contribution < 1.29 is 19.1 Å². The second-order valence-electron chi connectivity index (χ2n) is 5.09. The molecular formula is C18H20N2O4. The average molecular weight is 328 g/mol. The van der Waals surface area contributed by atoms with E-state index in [4.69, 9.17) is 9.47 Å². The summed E-state index contributed by atoms with van der Waals surface area (Å²) in [6.07, 6.45) is 0. The van der Waals surface area contributed by atoms with Gasteiger partial charge in [-0.1, -0.05) is 24.3 Å². The van der Waals surface area contributed by atoms with Gasteiger partial charge in [-0.05, 0) is 29.8 Å². The minimum absolute atomic E-state index is 0.132. The summed E-state index contributed by atoms with van der Waals surface area (Å²) in [5.74, 6) is 0.772. The van der Waals surface area contributed by atoms with Gasteiger partial charge in [0.15, 0.2) is 6.61 Å². The number of para-hydroxylation sites is 2. The van der Waals surface area contributed by atoms with Crippen molar-refractivity contribution in [2.75, 3.05) is 19.0 Å². The second-order valence-corrected chi connectivity index (χ2v) is 5.09. The Morgan fingerprint density at radius 1 is 1.04 bits per heavy atom. The lowest BCUT2D eigenvalue weighted by molar-refractivity contribution is -0.123. The summed E-state index contributed by atoms with van der Waals surface area (Å²) in [5, 5.41) is 5.43. The molecule has 6 nitrogen and oxygen atoms in total. The Labute approximate surface area is 140 Å². The standard InChI is InChI=1S/C18H20N2O4/c1-13(21)20-16-5-3-4-6-17(16)24-12-18(22)19-11-14-7-9-15(23-2)10-8-14/h3-10H,11-12H2,1-2H3,(H,19,22)(H,20,21). The molecule has 2 rings (SSSR count). The zero-order valence-corrected chi connectivity index (χ0v) is 13.7. The molecule has 0 unspecified atom stereocenters. The van der Waals surface area contributed by atoms with E-state index in [0.717, 1.165) is 11.3 Å². The van der Waals surface area contributed by atoms with E-state index in [0.29, 0.717) is 18.0 Å². The van der Waals surface area contributed by atoms with Crippen LogP contribution in [0.4, 0.5) is 5.69 Å². The highest BCUT2D eigenvalue weighted by Gasteiger charge is 2.07. The van der Waals surface area contributed by atoms with Gasteiger partial charge in [0.2, 0.25) is 5.91 Å². The smallest absolute Gasteiger partial charge is 0.258 e. The summed E-state index contributed by atoms with van der Waals surface area (Å²) in [4.78, 5) is 23.1. The lowest BCUT2D eigenvalue weighted by atomic mass is 10.2. The first-order valence-electron chi connectivity index (χ1n) is 7.47. The van der Waals surface area contributed by atoms with E-state index in [-0.39, 0.29) is 18.4 Å². The Morgan fingerprint density at radius 3 is 2.42 bits per heavy atom. The van der Waals surface area contributed by atoms with Crippen LogP contribution in [0.5, 0.6) is 11.5 Å². The highest BCUT2D eigenvalue weighted by Crippen LogP contribution is 2.23. The van der Waals surface area contributed by atoms with Crippen molar-refractivity contribution in [3.05, 3.63) is 54.1 Å². The molecule has 0 atom stereocenters. The Bertz CT molecular complexity index is 698. The maximum Gasteiger partial charge on any atom is 0.258 e. The molecule has 0 aliphatic carbocycles. The van der Waals surface area contributed by atoms with Crippen LogP contribution in [-0.2, 0) is 16.1 Å². The molecule has 24 heavy (non-hydrogen) atoms. The van der Waals surface area contributed by atoms with E-state index in [1.165, 1.54) is 6.92 Å². The van der Waals surface area contributed by atoms with Crippen molar-refractivity contribution in [2.45, 2.75) is 13.5 Å². The first-order chi connectivity index (χ1) is 11.6. The molecule has 2 amide bonds. The fourth-order valence-corrected chi connectivity index (χ4v) is 2.02. The first kappa shape index (κ1) is 17.3. The molecule has 0 aromatic heterocycles. The summed E-state index contributed by atoms with van der Waals surface area (Å²) in [6.45, 7) is 1.69. The Kier molecular flexibility index (Phi) is 6.19. The molecule has 0 spiro atoms. The highest BCUT2D eigenvalue weighted by atomic mass is 16.5. The van der Waals surface area contributed by atoms with Crippen molar-refractivity contribution in [2.24, 2.45) is 0 Å². The van der Waals surface area contributed by atoms with Gasteiger partial charge in [-0.15, -0.1) is 0 Å². The number of carbonyl (C=O) groups excluding carboxylic acids is 2. The molecule has 2 aromatic rings. The monoisotopic (exact) mass is 328 g/mol. The molecule has 6 heteroatoms. The molecule has 126 valence electrons. The zero-order chi connectivity index (χ0) is 17.4. The number of benzene rings is 2. The minimum atomic E-state index is -0.247. The van der Waals surface area contributed by atoms with Crippen LogP contribution in [-0.4, -0.2) is 25.5 Å². The number of rotatable bonds is 7. The molecule has 0 heterocycles. The molecule has 0 aliphatic rings. The average Bonchev–Trinajstić information content (AvgIpc) is 2.59. The molecule has 0 saturated carbocycles. The third-order valence-electron chi connectivity index (χ3n) is 3.21. The Hall–Kier alpha value is -3.02. The molecule has 0 bridgehead atoms. The third kappa shape index (κ3) is 5.31. The van der Waals surface area contributed by atoms with Crippen molar-refractivity contribution in [3.8, 4) is 11.5 Å². The first-order valence-corrected chi connectivity index (χ1v) is 7.47. The van der Waals surface area contributed by atoms with E-state index in [9.17, 15) is 9.59 Å². The van der Waals surface area contributed by atoms with Crippen LogP contribution in [0.15, 0.2) is 48.5 Å². The molecule has 0 radical (unpaired) electrons. The van der Waals surface area contributed by atoms with E-state index < -0.39 is 0 Å². The summed E-state index contributed by atoms with van der Waals surface area (Å²) >= 11 is 0. The van der Waals surface area contributed by atoms with E-state index in [1.54, 1.807) is 31.4 Å². The van der Waals surface area contributed by atoms with Gasteiger partial charge < -0.3 is 20.1 Å². The molecule has 0 fully saturated rings. The fourth-order valence-electron chi connectivity index (χ4n) is 2.02. The van der Waals surface area contributed by atoms with Crippen LogP contribution >= 0.6 is 0 Å². The van der Waals surface area contributed by atoms with Crippen LogP contribution in [0.2, 0.25) is 0 Å².